The normalized spacial score (nSPS) is 10.5. The Bertz CT molecular complexity index is 796. The van der Waals surface area contributed by atoms with Gasteiger partial charge in [0.05, 0.1) is 22.9 Å². The number of thiazole rings is 1. The molecule has 0 aliphatic heterocycles. The number of carbonyl (C=O) groups is 1. The van der Waals surface area contributed by atoms with Gasteiger partial charge in [-0.1, -0.05) is 18.2 Å². The van der Waals surface area contributed by atoms with Gasteiger partial charge in [0.1, 0.15) is 0 Å². The predicted octanol–water partition coefficient (Wildman–Crippen LogP) is 3.30. The van der Waals surface area contributed by atoms with Gasteiger partial charge in [-0.05, 0) is 19.1 Å². The number of anilines is 1. The zero-order valence-corrected chi connectivity index (χ0v) is 13.7. The second-order valence-corrected chi connectivity index (χ2v) is 6.19. The molecular formula is C16H17N5OS. The predicted molar refractivity (Wildman–Crippen MR) is 90.9 cm³/mol. The van der Waals surface area contributed by atoms with E-state index in [0.717, 1.165) is 16.4 Å². The molecule has 0 spiro atoms. The van der Waals surface area contributed by atoms with E-state index in [0.29, 0.717) is 12.4 Å². The lowest BCUT2D eigenvalue weighted by Gasteiger charge is -2.15. The summed E-state index contributed by atoms with van der Waals surface area (Å²) >= 11 is 1.58. The molecule has 1 N–H and O–H groups in total. The third kappa shape index (κ3) is 3.75. The Morgan fingerprint density at radius 2 is 2.09 bits per heavy atom. The van der Waals surface area contributed by atoms with E-state index in [9.17, 15) is 4.79 Å². The van der Waals surface area contributed by atoms with Gasteiger partial charge in [0.15, 0.2) is 5.82 Å². The zero-order valence-electron chi connectivity index (χ0n) is 12.9. The number of urea groups is 1. The van der Waals surface area contributed by atoms with Crippen molar-refractivity contribution in [3.05, 3.63) is 58.7 Å². The number of hydrogen-bond acceptors (Lipinski definition) is 4. The lowest BCUT2D eigenvalue weighted by Crippen LogP contribution is -2.31. The van der Waals surface area contributed by atoms with Crippen LogP contribution >= 0.6 is 11.3 Å². The van der Waals surface area contributed by atoms with Crippen molar-refractivity contribution in [3.8, 4) is 5.69 Å². The number of benzene rings is 1. The minimum absolute atomic E-state index is 0.214. The van der Waals surface area contributed by atoms with Crippen LogP contribution < -0.4 is 5.32 Å². The van der Waals surface area contributed by atoms with Gasteiger partial charge in [0, 0.05) is 24.7 Å². The summed E-state index contributed by atoms with van der Waals surface area (Å²) in [5, 5.41) is 10.1. The van der Waals surface area contributed by atoms with Crippen LogP contribution in [0.3, 0.4) is 0 Å². The molecule has 23 heavy (non-hydrogen) atoms. The Balaban J connectivity index is 1.63. The molecule has 0 aliphatic carbocycles. The molecule has 118 valence electrons. The Kier molecular flexibility index (Phi) is 4.38. The van der Waals surface area contributed by atoms with Crippen LogP contribution in [0.25, 0.3) is 5.69 Å². The first-order chi connectivity index (χ1) is 11.1. The number of nitrogens with zero attached hydrogens (tertiary/aromatic N) is 4. The molecule has 0 radical (unpaired) electrons. The number of carbonyl (C=O) groups excluding carboxylic acids is 1. The molecule has 2 heterocycles. The smallest absolute Gasteiger partial charge is 0.322 e. The van der Waals surface area contributed by atoms with Crippen LogP contribution in [0, 0.1) is 6.92 Å². The number of para-hydroxylation sites is 1. The minimum atomic E-state index is -0.214. The summed E-state index contributed by atoms with van der Waals surface area (Å²) in [7, 11) is 1.73. The molecule has 0 saturated heterocycles. The monoisotopic (exact) mass is 327 g/mol. The highest BCUT2D eigenvalue weighted by Gasteiger charge is 2.12. The van der Waals surface area contributed by atoms with E-state index >= 15 is 0 Å². The van der Waals surface area contributed by atoms with E-state index in [1.54, 1.807) is 34.0 Å². The van der Waals surface area contributed by atoms with Gasteiger partial charge < -0.3 is 4.90 Å². The van der Waals surface area contributed by atoms with Crippen LogP contribution in [0.2, 0.25) is 0 Å². The molecule has 0 atom stereocenters. The highest BCUT2D eigenvalue weighted by atomic mass is 32.1. The van der Waals surface area contributed by atoms with Gasteiger partial charge in [-0.3, -0.25) is 5.32 Å². The average Bonchev–Trinajstić information content (AvgIpc) is 3.17. The van der Waals surface area contributed by atoms with Crippen molar-refractivity contribution in [2.24, 2.45) is 0 Å². The molecule has 2 aromatic heterocycles. The number of aromatic nitrogens is 3. The number of nitrogens with one attached hydrogen (secondary N) is 1. The SMILES string of the molecule is Cc1nc(CN(C)C(=O)Nc2ccn(-c3ccccc3)n2)cs1. The fourth-order valence-corrected chi connectivity index (χ4v) is 2.72. The maximum atomic E-state index is 12.2. The van der Waals surface area contributed by atoms with Crippen LogP contribution in [0.15, 0.2) is 48.0 Å². The van der Waals surface area contributed by atoms with Crippen LogP contribution in [-0.4, -0.2) is 32.7 Å². The highest BCUT2D eigenvalue weighted by Crippen LogP contribution is 2.12. The van der Waals surface area contributed by atoms with E-state index in [4.69, 9.17) is 0 Å². The first kappa shape index (κ1) is 15.2. The van der Waals surface area contributed by atoms with Gasteiger partial charge in [-0.15, -0.1) is 16.4 Å². The quantitative estimate of drug-likeness (QED) is 0.799. The van der Waals surface area contributed by atoms with Crippen LogP contribution in [0.4, 0.5) is 10.6 Å². The van der Waals surface area contributed by atoms with Gasteiger partial charge in [-0.2, -0.15) is 0 Å². The van der Waals surface area contributed by atoms with Crippen molar-refractivity contribution in [1.29, 1.82) is 0 Å². The molecule has 3 rings (SSSR count). The van der Waals surface area contributed by atoms with Crippen molar-refractivity contribution in [2.45, 2.75) is 13.5 Å². The number of rotatable bonds is 4. The standard InChI is InChI=1S/C16H17N5OS/c1-12-17-13(11-23-12)10-20(2)16(22)18-15-8-9-21(19-15)14-6-4-3-5-7-14/h3-9,11H,10H2,1-2H3,(H,18,19,22). The van der Waals surface area contributed by atoms with Crippen LogP contribution in [0.1, 0.15) is 10.7 Å². The van der Waals surface area contributed by atoms with E-state index in [1.165, 1.54) is 0 Å². The van der Waals surface area contributed by atoms with Crippen molar-refractivity contribution in [3.63, 3.8) is 0 Å². The second-order valence-electron chi connectivity index (χ2n) is 5.13. The van der Waals surface area contributed by atoms with Gasteiger partial charge in [0.2, 0.25) is 0 Å². The molecule has 2 amide bonds. The van der Waals surface area contributed by atoms with E-state index in [-0.39, 0.29) is 6.03 Å². The maximum Gasteiger partial charge on any atom is 0.323 e. The zero-order chi connectivity index (χ0) is 16.2. The number of hydrogen-bond donors (Lipinski definition) is 1. The van der Waals surface area contributed by atoms with Gasteiger partial charge in [-0.25, -0.2) is 14.5 Å². The molecule has 0 saturated carbocycles. The van der Waals surface area contributed by atoms with E-state index in [1.807, 2.05) is 48.8 Å². The fraction of sp³-hybridized carbons (Fsp3) is 0.188. The average molecular weight is 327 g/mol. The molecule has 6 nitrogen and oxygen atoms in total. The molecule has 0 aliphatic rings. The summed E-state index contributed by atoms with van der Waals surface area (Å²) in [6.07, 6.45) is 1.81. The molecule has 0 unspecified atom stereocenters. The third-order valence-corrected chi connectivity index (χ3v) is 4.08. The number of amides is 2. The highest BCUT2D eigenvalue weighted by molar-refractivity contribution is 7.09. The van der Waals surface area contributed by atoms with Crippen LogP contribution in [-0.2, 0) is 6.54 Å². The number of aryl methyl sites for hydroxylation is 1. The topological polar surface area (TPSA) is 63.1 Å². The minimum Gasteiger partial charge on any atom is -0.322 e. The molecule has 0 fully saturated rings. The summed E-state index contributed by atoms with van der Waals surface area (Å²) < 4.78 is 1.72. The first-order valence-electron chi connectivity index (χ1n) is 7.16. The van der Waals surface area contributed by atoms with Gasteiger partial charge >= 0.3 is 6.03 Å². The van der Waals surface area contributed by atoms with Gasteiger partial charge in [0.25, 0.3) is 0 Å². The molecule has 1 aromatic carbocycles. The van der Waals surface area contributed by atoms with Crippen LogP contribution in [0.5, 0.6) is 0 Å². The Morgan fingerprint density at radius 1 is 1.30 bits per heavy atom. The lowest BCUT2D eigenvalue weighted by atomic mass is 10.3. The summed E-state index contributed by atoms with van der Waals surface area (Å²) in [6, 6.07) is 11.3. The summed E-state index contributed by atoms with van der Waals surface area (Å²) in [5.74, 6) is 0.514. The Hall–Kier alpha value is -2.67. The largest absolute Gasteiger partial charge is 0.323 e. The summed E-state index contributed by atoms with van der Waals surface area (Å²) in [4.78, 5) is 18.2. The maximum absolute atomic E-state index is 12.2. The van der Waals surface area contributed by atoms with Crippen molar-refractivity contribution >= 4 is 23.2 Å². The first-order valence-corrected chi connectivity index (χ1v) is 8.04. The third-order valence-electron chi connectivity index (χ3n) is 3.26. The lowest BCUT2D eigenvalue weighted by molar-refractivity contribution is 0.220. The Labute approximate surface area is 138 Å². The summed E-state index contributed by atoms with van der Waals surface area (Å²) in [6.45, 7) is 2.42. The Morgan fingerprint density at radius 3 is 2.78 bits per heavy atom. The second kappa shape index (κ2) is 6.62. The van der Waals surface area contributed by atoms with Crippen molar-refractivity contribution in [1.82, 2.24) is 19.7 Å². The van der Waals surface area contributed by atoms with E-state index in [2.05, 4.69) is 15.4 Å². The fourth-order valence-electron chi connectivity index (χ4n) is 2.12. The molecular weight excluding hydrogens is 310 g/mol. The molecule has 3 aromatic rings. The molecule has 0 bridgehead atoms. The van der Waals surface area contributed by atoms with Crippen molar-refractivity contribution in [2.75, 3.05) is 12.4 Å². The summed E-state index contributed by atoms with van der Waals surface area (Å²) in [5.41, 5.74) is 1.83. The molecule has 7 heteroatoms. The van der Waals surface area contributed by atoms with Crippen molar-refractivity contribution < 1.29 is 4.79 Å². The van der Waals surface area contributed by atoms with E-state index < -0.39 is 0 Å².